The van der Waals surface area contributed by atoms with Gasteiger partial charge in [-0.3, -0.25) is 14.6 Å². The lowest BCUT2D eigenvalue weighted by atomic mass is 10.2. The number of hydrogen-bond donors (Lipinski definition) is 2. The van der Waals surface area contributed by atoms with Gasteiger partial charge in [-0.05, 0) is 24.3 Å². The fourth-order valence-corrected chi connectivity index (χ4v) is 1.46. The van der Waals surface area contributed by atoms with Crippen molar-refractivity contribution in [3.05, 3.63) is 59.4 Å². The average molecular weight is 277 g/mol. The van der Waals surface area contributed by atoms with Crippen molar-refractivity contribution in [1.82, 2.24) is 4.98 Å². The number of hydrogen-bond acceptors (Lipinski definition) is 3. The van der Waals surface area contributed by atoms with E-state index in [9.17, 15) is 18.4 Å². The maximum absolute atomic E-state index is 13.4. The Morgan fingerprint density at radius 3 is 2.50 bits per heavy atom. The fraction of sp³-hybridized carbons (Fsp3) is 0. The molecule has 0 atom stereocenters. The summed E-state index contributed by atoms with van der Waals surface area (Å²) in [6.07, 6.45) is 1.12. The van der Waals surface area contributed by atoms with E-state index in [1.165, 1.54) is 12.1 Å². The van der Waals surface area contributed by atoms with Crippen molar-refractivity contribution in [2.75, 3.05) is 5.32 Å². The molecule has 5 nitrogen and oxygen atoms in total. The first-order chi connectivity index (χ1) is 9.47. The Morgan fingerprint density at radius 2 is 1.90 bits per heavy atom. The molecule has 0 aliphatic heterocycles. The van der Waals surface area contributed by atoms with Crippen LogP contribution in [0.25, 0.3) is 0 Å². The van der Waals surface area contributed by atoms with E-state index in [0.29, 0.717) is 0 Å². The van der Waals surface area contributed by atoms with Crippen molar-refractivity contribution in [3.8, 4) is 0 Å². The lowest BCUT2D eigenvalue weighted by Gasteiger charge is -2.06. The highest BCUT2D eigenvalue weighted by Crippen LogP contribution is 2.16. The Bertz CT molecular complexity index is 672. The summed E-state index contributed by atoms with van der Waals surface area (Å²) < 4.78 is 26.3. The minimum Gasteiger partial charge on any atom is -0.364 e. The van der Waals surface area contributed by atoms with Gasteiger partial charge in [0.15, 0.2) is 0 Å². The second kappa shape index (κ2) is 5.43. The summed E-state index contributed by atoms with van der Waals surface area (Å²) in [6.45, 7) is 0. The van der Waals surface area contributed by atoms with Gasteiger partial charge in [-0.1, -0.05) is 0 Å². The normalized spacial score (nSPS) is 10.1. The first-order valence-corrected chi connectivity index (χ1v) is 5.49. The molecule has 0 bridgehead atoms. The topological polar surface area (TPSA) is 85.1 Å². The number of benzene rings is 1. The van der Waals surface area contributed by atoms with Crippen LogP contribution in [0.15, 0.2) is 36.5 Å². The molecule has 0 aliphatic rings. The number of halogens is 2. The van der Waals surface area contributed by atoms with Crippen LogP contribution < -0.4 is 11.1 Å². The van der Waals surface area contributed by atoms with Gasteiger partial charge in [0, 0.05) is 12.3 Å². The van der Waals surface area contributed by atoms with E-state index in [-0.39, 0.29) is 16.9 Å². The van der Waals surface area contributed by atoms with Crippen molar-refractivity contribution in [3.63, 3.8) is 0 Å². The third kappa shape index (κ3) is 2.94. The predicted molar refractivity (Wildman–Crippen MR) is 67.1 cm³/mol. The maximum atomic E-state index is 13.4. The number of nitrogens with two attached hydrogens (primary N) is 1. The predicted octanol–water partition coefficient (Wildman–Crippen LogP) is 1.71. The Hall–Kier alpha value is -2.83. The highest BCUT2D eigenvalue weighted by molar-refractivity contribution is 6.04. The average Bonchev–Trinajstić information content (AvgIpc) is 2.43. The van der Waals surface area contributed by atoms with Crippen LogP contribution in [0.5, 0.6) is 0 Å². The van der Waals surface area contributed by atoms with Crippen LogP contribution in [0.1, 0.15) is 20.8 Å². The summed E-state index contributed by atoms with van der Waals surface area (Å²) in [4.78, 5) is 26.3. The number of pyridine rings is 1. The first-order valence-electron chi connectivity index (χ1n) is 5.49. The standard InChI is InChI=1S/C13H9F2N3O2/c14-8-2-3-9(15)11(5-8)18-13(20)7-1-4-10(12(16)19)17-6-7/h1-6H,(H2,16,19)(H,18,20). The minimum absolute atomic E-state index is 0.00140. The number of nitrogens with zero attached hydrogens (tertiary/aromatic N) is 1. The number of primary amides is 1. The molecule has 2 rings (SSSR count). The number of nitrogens with one attached hydrogen (secondary N) is 1. The zero-order valence-electron chi connectivity index (χ0n) is 10.1. The molecule has 3 N–H and O–H groups in total. The van der Waals surface area contributed by atoms with Gasteiger partial charge in [0.1, 0.15) is 17.3 Å². The zero-order valence-corrected chi connectivity index (χ0v) is 10.1. The molecule has 0 spiro atoms. The zero-order chi connectivity index (χ0) is 14.7. The van der Waals surface area contributed by atoms with Crippen LogP contribution in [0.2, 0.25) is 0 Å². The first kappa shape index (κ1) is 13.6. The molecular weight excluding hydrogens is 268 g/mol. The molecule has 20 heavy (non-hydrogen) atoms. The van der Waals surface area contributed by atoms with Gasteiger partial charge in [0.25, 0.3) is 11.8 Å². The number of carbonyl (C=O) groups excluding carboxylic acids is 2. The lowest BCUT2D eigenvalue weighted by Crippen LogP contribution is -2.16. The van der Waals surface area contributed by atoms with E-state index in [1.54, 1.807) is 0 Å². The highest BCUT2D eigenvalue weighted by atomic mass is 19.1. The van der Waals surface area contributed by atoms with Gasteiger partial charge >= 0.3 is 0 Å². The molecule has 0 saturated carbocycles. The van der Waals surface area contributed by atoms with Crippen molar-refractivity contribution >= 4 is 17.5 Å². The number of carbonyl (C=O) groups is 2. The number of anilines is 1. The molecule has 1 aromatic carbocycles. The second-order valence-corrected chi connectivity index (χ2v) is 3.87. The summed E-state index contributed by atoms with van der Waals surface area (Å²) >= 11 is 0. The van der Waals surface area contributed by atoms with E-state index in [0.717, 1.165) is 24.4 Å². The molecule has 0 aliphatic carbocycles. The van der Waals surface area contributed by atoms with Crippen LogP contribution in [-0.4, -0.2) is 16.8 Å². The van der Waals surface area contributed by atoms with Gasteiger partial charge in [-0.2, -0.15) is 0 Å². The number of aromatic nitrogens is 1. The van der Waals surface area contributed by atoms with Gasteiger partial charge in [-0.25, -0.2) is 8.78 Å². The summed E-state index contributed by atoms with van der Waals surface area (Å²) in [5, 5.41) is 2.21. The lowest BCUT2D eigenvalue weighted by molar-refractivity contribution is 0.0990. The Balaban J connectivity index is 2.19. The van der Waals surface area contributed by atoms with Gasteiger partial charge in [0.2, 0.25) is 0 Å². The van der Waals surface area contributed by atoms with Crippen LogP contribution in [-0.2, 0) is 0 Å². The Labute approximate surface area is 112 Å². The number of rotatable bonds is 3. The molecule has 1 heterocycles. The third-order valence-corrected chi connectivity index (χ3v) is 2.45. The molecule has 0 radical (unpaired) electrons. The Morgan fingerprint density at radius 1 is 1.15 bits per heavy atom. The van der Waals surface area contributed by atoms with Crippen LogP contribution in [0.4, 0.5) is 14.5 Å². The molecule has 2 amide bonds. The van der Waals surface area contributed by atoms with Crippen molar-refractivity contribution < 1.29 is 18.4 Å². The number of amides is 2. The van der Waals surface area contributed by atoms with Crippen molar-refractivity contribution in [2.45, 2.75) is 0 Å². The van der Waals surface area contributed by atoms with Crippen LogP contribution in [0, 0.1) is 11.6 Å². The van der Waals surface area contributed by atoms with E-state index in [2.05, 4.69) is 10.3 Å². The Kier molecular flexibility index (Phi) is 3.69. The smallest absolute Gasteiger partial charge is 0.267 e. The third-order valence-electron chi connectivity index (χ3n) is 2.45. The molecule has 1 aromatic heterocycles. The summed E-state index contributed by atoms with van der Waals surface area (Å²) in [7, 11) is 0. The maximum Gasteiger partial charge on any atom is 0.267 e. The van der Waals surface area contributed by atoms with E-state index in [4.69, 9.17) is 5.73 Å². The van der Waals surface area contributed by atoms with Crippen molar-refractivity contribution in [1.29, 1.82) is 0 Å². The van der Waals surface area contributed by atoms with Gasteiger partial charge in [0.05, 0.1) is 11.3 Å². The van der Waals surface area contributed by atoms with E-state index >= 15 is 0 Å². The van der Waals surface area contributed by atoms with Crippen molar-refractivity contribution in [2.24, 2.45) is 5.73 Å². The SMILES string of the molecule is NC(=O)c1ccc(C(=O)Nc2cc(F)ccc2F)cn1. The molecule has 2 aromatic rings. The summed E-state index contributed by atoms with van der Waals surface area (Å²) in [5.41, 5.74) is 4.80. The molecule has 0 saturated heterocycles. The molecule has 7 heteroatoms. The molecular formula is C13H9F2N3O2. The van der Waals surface area contributed by atoms with E-state index in [1.807, 2.05) is 0 Å². The van der Waals surface area contributed by atoms with E-state index < -0.39 is 23.4 Å². The molecule has 0 unspecified atom stereocenters. The second-order valence-electron chi connectivity index (χ2n) is 3.87. The quantitative estimate of drug-likeness (QED) is 0.895. The van der Waals surface area contributed by atoms with Gasteiger partial charge < -0.3 is 11.1 Å². The van der Waals surface area contributed by atoms with Crippen LogP contribution in [0.3, 0.4) is 0 Å². The summed E-state index contributed by atoms with van der Waals surface area (Å²) in [5.74, 6) is -2.85. The monoisotopic (exact) mass is 277 g/mol. The van der Waals surface area contributed by atoms with Crippen LogP contribution >= 0.6 is 0 Å². The van der Waals surface area contributed by atoms with Gasteiger partial charge in [-0.15, -0.1) is 0 Å². The summed E-state index contributed by atoms with van der Waals surface area (Å²) in [6, 6.07) is 5.27. The largest absolute Gasteiger partial charge is 0.364 e. The molecule has 102 valence electrons. The minimum atomic E-state index is -0.763. The molecule has 0 fully saturated rings. The fourth-order valence-electron chi connectivity index (χ4n) is 1.46. The highest BCUT2D eigenvalue weighted by Gasteiger charge is 2.11.